The highest BCUT2D eigenvalue weighted by atomic mass is 16.2. The van der Waals surface area contributed by atoms with Crippen molar-refractivity contribution in [1.82, 2.24) is 14.9 Å². The Hall–Kier alpha value is -2.43. The predicted molar refractivity (Wildman–Crippen MR) is 102 cm³/mol. The van der Waals surface area contributed by atoms with Crippen molar-refractivity contribution in [3.8, 4) is 0 Å². The minimum atomic E-state index is 0.185. The molecular formula is C21H26N4O. The van der Waals surface area contributed by atoms with Crippen molar-refractivity contribution in [2.75, 3.05) is 24.5 Å². The van der Waals surface area contributed by atoms with Crippen molar-refractivity contribution >= 4 is 11.7 Å². The quantitative estimate of drug-likeness (QED) is 0.853. The standard InChI is InChI=1S/C21H26N4O/c1-17-4-11-23-19(13-17)24-12-2-7-21(15-24)8-3-20(26)25(16-21)14-18-5-9-22-10-6-18/h4-6,9-11,13H,2-3,7-8,12,14-16H2,1H3. The monoisotopic (exact) mass is 350 g/mol. The number of amides is 1. The number of carbonyl (C=O) groups is 1. The summed E-state index contributed by atoms with van der Waals surface area (Å²) < 4.78 is 0. The number of piperidine rings is 2. The van der Waals surface area contributed by atoms with E-state index in [-0.39, 0.29) is 11.3 Å². The van der Waals surface area contributed by atoms with E-state index in [9.17, 15) is 4.79 Å². The molecule has 5 heteroatoms. The van der Waals surface area contributed by atoms with Gasteiger partial charge in [0.1, 0.15) is 5.82 Å². The molecule has 2 fully saturated rings. The number of aromatic nitrogens is 2. The highest BCUT2D eigenvalue weighted by molar-refractivity contribution is 5.77. The molecule has 0 aromatic carbocycles. The van der Waals surface area contributed by atoms with Gasteiger partial charge in [-0.2, -0.15) is 0 Å². The Balaban J connectivity index is 1.51. The maximum atomic E-state index is 12.5. The number of nitrogens with zero attached hydrogens (tertiary/aromatic N) is 4. The van der Waals surface area contributed by atoms with E-state index in [0.717, 1.165) is 43.9 Å². The third kappa shape index (κ3) is 3.57. The first-order valence-electron chi connectivity index (χ1n) is 9.48. The third-order valence-electron chi connectivity index (χ3n) is 5.76. The lowest BCUT2D eigenvalue weighted by Crippen LogP contribution is -2.54. The van der Waals surface area contributed by atoms with Crippen LogP contribution in [0.25, 0.3) is 0 Å². The van der Waals surface area contributed by atoms with Crippen molar-refractivity contribution < 1.29 is 4.79 Å². The molecule has 1 atom stereocenters. The lowest BCUT2D eigenvalue weighted by Gasteiger charge is -2.48. The first kappa shape index (κ1) is 17.0. The molecule has 4 rings (SSSR count). The van der Waals surface area contributed by atoms with Crippen molar-refractivity contribution in [3.63, 3.8) is 0 Å². The molecule has 0 saturated carbocycles. The molecule has 2 aliphatic rings. The maximum Gasteiger partial charge on any atom is 0.222 e. The van der Waals surface area contributed by atoms with Gasteiger partial charge < -0.3 is 9.80 Å². The number of aryl methyl sites for hydroxylation is 1. The van der Waals surface area contributed by atoms with E-state index in [0.29, 0.717) is 13.0 Å². The summed E-state index contributed by atoms with van der Waals surface area (Å²) in [6, 6.07) is 8.21. The molecule has 4 heterocycles. The van der Waals surface area contributed by atoms with Crippen LogP contribution < -0.4 is 4.90 Å². The van der Waals surface area contributed by atoms with Gasteiger partial charge in [-0.15, -0.1) is 0 Å². The van der Waals surface area contributed by atoms with Crippen LogP contribution in [0.4, 0.5) is 5.82 Å². The highest BCUT2D eigenvalue weighted by Gasteiger charge is 2.42. The number of carbonyl (C=O) groups excluding carboxylic acids is 1. The largest absolute Gasteiger partial charge is 0.356 e. The van der Waals surface area contributed by atoms with E-state index in [1.165, 1.54) is 12.0 Å². The average molecular weight is 350 g/mol. The Morgan fingerprint density at radius 3 is 2.77 bits per heavy atom. The smallest absolute Gasteiger partial charge is 0.222 e. The number of likely N-dealkylation sites (tertiary alicyclic amines) is 1. The molecule has 136 valence electrons. The van der Waals surface area contributed by atoms with Crippen LogP contribution in [0.5, 0.6) is 0 Å². The molecule has 1 spiro atoms. The third-order valence-corrected chi connectivity index (χ3v) is 5.76. The van der Waals surface area contributed by atoms with Gasteiger partial charge in [0, 0.05) is 56.6 Å². The Bertz CT molecular complexity index is 779. The second kappa shape index (κ2) is 7.06. The van der Waals surface area contributed by atoms with E-state index < -0.39 is 0 Å². The Morgan fingerprint density at radius 1 is 1.12 bits per heavy atom. The highest BCUT2D eigenvalue weighted by Crippen LogP contribution is 2.40. The van der Waals surface area contributed by atoms with Gasteiger partial charge in [-0.1, -0.05) is 0 Å². The second-order valence-corrected chi connectivity index (χ2v) is 7.82. The summed E-state index contributed by atoms with van der Waals surface area (Å²) in [4.78, 5) is 25.6. The Morgan fingerprint density at radius 2 is 1.96 bits per heavy atom. The fourth-order valence-corrected chi connectivity index (χ4v) is 4.38. The Kier molecular flexibility index (Phi) is 4.62. The predicted octanol–water partition coefficient (Wildman–Crippen LogP) is 3.19. The molecule has 0 N–H and O–H groups in total. The Labute approximate surface area is 155 Å². The number of hydrogen-bond acceptors (Lipinski definition) is 4. The van der Waals surface area contributed by atoms with E-state index in [4.69, 9.17) is 0 Å². The second-order valence-electron chi connectivity index (χ2n) is 7.82. The van der Waals surface area contributed by atoms with Crippen LogP contribution in [-0.2, 0) is 11.3 Å². The first-order chi connectivity index (χ1) is 12.6. The summed E-state index contributed by atoms with van der Waals surface area (Å²) in [6.07, 6.45) is 9.48. The van der Waals surface area contributed by atoms with Crippen LogP contribution >= 0.6 is 0 Å². The zero-order valence-corrected chi connectivity index (χ0v) is 15.4. The average Bonchev–Trinajstić information content (AvgIpc) is 2.66. The van der Waals surface area contributed by atoms with Gasteiger partial charge in [0.15, 0.2) is 0 Å². The number of hydrogen-bond donors (Lipinski definition) is 0. The fourth-order valence-electron chi connectivity index (χ4n) is 4.38. The molecule has 0 radical (unpaired) electrons. The summed E-state index contributed by atoms with van der Waals surface area (Å²) in [5.41, 5.74) is 2.58. The van der Waals surface area contributed by atoms with Crippen molar-refractivity contribution in [2.24, 2.45) is 5.41 Å². The van der Waals surface area contributed by atoms with Crippen LogP contribution in [0, 0.1) is 12.3 Å². The number of anilines is 1. The summed E-state index contributed by atoms with van der Waals surface area (Å²) in [6.45, 7) is 5.68. The summed E-state index contributed by atoms with van der Waals surface area (Å²) in [7, 11) is 0. The molecule has 2 aromatic rings. The van der Waals surface area contributed by atoms with Crippen LogP contribution in [0.1, 0.15) is 36.8 Å². The van der Waals surface area contributed by atoms with Gasteiger partial charge in [0.05, 0.1) is 0 Å². The summed E-state index contributed by atoms with van der Waals surface area (Å²) in [5, 5.41) is 0. The van der Waals surface area contributed by atoms with Gasteiger partial charge in [0.25, 0.3) is 0 Å². The number of pyridine rings is 2. The summed E-state index contributed by atoms with van der Waals surface area (Å²) >= 11 is 0. The van der Waals surface area contributed by atoms with Crippen LogP contribution in [0.2, 0.25) is 0 Å². The van der Waals surface area contributed by atoms with Gasteiger partial charge in [-0.05, 0) is 61.6 Å². The van der Waals surface area contributed by atoms with E-state index in [2.05, 4.69) is 27.9 Å². The molecule has 0 aliphatic carbocycles. The normalized spacial score (nSPS) is 23.5. The van der Waals surface area contributed by atoms with Gasteiger partial charge in [-0.25, -0.2) is 4.98 Å². The van der Waals surface area contributed by atoms with Crippen LogP contribution in [0.15, 0.2) is 42.9 Å². The van der Waals surface area contributed by atoms with Crippen molar-refractivity contribution in [2.45, 2.75) is 39.2 Å². The molecule has 2 aliphatic heterocycles. The number of rotatable bonds is 3. The van der Waals surface area contributed by atoms with Crippen LogP contribution in [-0.4, -0.2) is 40.4 Å². The molecule has 1 amide bonds. The minimum Gasteiger partial charge on any atom is -0.356 e. The van der Waals surface area contributed by atoms with E-state index >= 15 is 0 Å². The van der Waals surface area contributed by atoms with E-state index in [1.807, 2.05) is 29.3 Å². The summed E-state index contributed by atoms with van der Waals surface area (Å²) in [5.74, 6) is 1.35. The molecule has 2 saturated heterocycles. The molecule has 5 nitrogen and oxygen atoms in total. The molecule has 1 unspecified atom stereocenters. The van der Waals surface area contributed by atoms with Crippen molar-refractivity contribution in [1.29, 1.82) is 0 Å². The molecule has 26 heavy (non-hydrogen) atoms. The van der Waals surface area contributed by atoms with Crippen LogP contribution in [0.3, 0.4) is 0 Å². The first-order valence-corrected chi connectivity index (χ1v) is 9.48. The van der Waals surface area contributed by atoms with Gasteiger partial charge >= 0.3 is 0 Å². The zero-order valence-electron chi connectivity index (χ0n) is 15.4. The topological polar surface area (TPSA) is 49.3 Å². The molecule has 0 bridgehead atoms. The zero-order chi connectivity index (χ0) is 18.0. The van der Waals surface area contributed by atoms with Crippen molar-refractivity contribution in [3.05, 3.63) is 54.0 Å². The lowest BCUT2D eigenvalue weighted by molar-refractivity contribution is -0.138. The SMILES string of the molecule is Cc1ccnc(N2CCCC3(CCC(=O)N(Cc4ccncc4)C3)C2)c1. The fraction of sp³-hybridized carbons (Fsp3) is 0.476. The molecular weight excluding hydrogens is 324 g/mol. The minimum absolute atomic E-state index is 0.185. The van der Waals surface area contributed by atoms with Gasteiger partial charge in [-0.3, -0.25) is 9.78 Å². The van der Waals surface area contributed by atoms with E-state index in [1.54, 1.807) is 12.4 Å². The molecule has 2 aromatic heterocycles. The maximum absolute atomic E-state index is 12.5. The lowest BCUT2D eigenvalue weighted by atomic mass is 9.73. The van der Waals surface area contributed by atoms with Gasteiger partial charge in [0.2, 0.25) is 5.91 Å².